The minimum Gasteiger partial charge on any atom is -0.392 e. The van der Waals surface area contributed by atoms with Gasteiger partial charge in [-0.15, -0.1) is 0 Å². The summed E-state index contributed by atoms with van der Waals surface area (Å²) in [4.78, 5) is 11.9. The average Bonchev–Trinajstić information content (AvgIpc) is 2.45. The number of carbonyl (C=O) groups is 1. The Labute approximate surface area is 117 Å². The van der Waals surface area contributed by atoms with Crippen LogP contribution in [0.2, 0.25) is 0 Å². The molecule has 0 atom stereocenters. The number of aliphatic hydroxyl groups is 1. The van der Waals surface area contributed by atoms with Gasteiger partial charge in [0, 0.05) is 6.54 Å². The SMILES string of the molecule is Cc1ccc(C(=O)NCc2ccc(CO)cc2)c(F)c1. The van der Waals surface area contributed by atoms with Gasteiger partial charge in [-0.25, -0.2) is 4.39 Å². The van der Waals surface area contributed by atoms with E-state index in [1.807, 2.05) is 12.1 Å². The highest BCUT2D eigenvalue weighted by Crippen LogP contribution is 2.10. The maximum atomic E-state index is 13.6. The number of amides is 1. The van der Waals surface area contributed by atoms with Crippen molar-refractivity contribution in [3.63, 3.8) is 0 Å². The molecule has 0 bridgehead atoms. The maximum Gasteiger partial charge on any atom is 0.254 e. The predicted molar refractivity (Wildman–Crippen MR) is 74.7 cm³/mol. The molecule has 0 aliphatic rings. The standard InChI is InChI=1S/C16H16FNO2/c1-11-2-7-14(15(17)8-11)16(20)18-9-12-3-5-13(10-19)6-4-12/h2-8,19H,9-10H2,1H3,(H,18,20). The van der Waals surface area contributed by atoms with E-state index >= 15 is 0 Å². The summed E-state index contributed by atoms with van der Waals surface area (Å²) in [5.41, 5.74) is 2.52. The van der Waals surface area contributed by atoms with E-state index < -0.39 is 11.7 Å². The van der Waals surface area contributed by atoms with Gasteiger partial charge in [-0.2, -0.15) is 0 Å². The number of carbonyl (C=O) groups excluding carboxylic acids is 1. The molecule has 0 unspecified atom stereocenters. The molecule has 0 aliphatic carbocycles. The average molecular weight is 273 g/mol. The second kappa shape index (κ2) is 6.30. The summed E-state index contributed by atoms with van der Waals surface area (Å²) in [5, 5.41) is 11.6. The molecule has 2 N–H and O–H groups in total. The normalized spacial score (nSPS) is 10.3. The van der Waals surface area contributed by atoms with Gasteiger partial charge >= 0.3 is 0 Å². The fraction of sp³-hybridized carbons (Fsp3) is 0.188. The fourth-order valence-corrected chi connectivity index (χ4v) is 1.84. The Hall–Kier alpha value is -2.20. The predicted octanol–water partition coefficient (Wildman–Crippen LogP) is 2.56. The molecule has 4 heteroatoms. The zero-order valence-electron chi connectivity index (χ0n) is 11.2. The van der Waals surface area contributed by atoms with Gasteiger partial charge in [0.1, 0.15) is 5.82 Å². The Balaban J connectivity index is 2.00. The first kappa shape index (κ1) is 14.2. The molecule has 104 valence electrons. The summed E-state index contributed by atoms with van der Waals surface area (Å²) in [6.45, 7) is 2.08. The van der Waals surface area contributed by atoms with E-state index in [1.165, 1.54) is 12.1 Å². The van der Waals surface area contributed by atoms with Gasteiger partial charge < -0.3 is 10.4 Å². The molecule has 1 amide bonds. The fourth-order valence-electron chi connectivity index (χ4n) is 1.84. The highest BCUT2D eigenvalue weighted by Gasteiger charge is 2.11. The molecule has 0 saturated carbocycles. The van der Waals surface area contributed by atoms with Crippen molar-refractivity contribution in [2.75, 3.05) is 0 Å². The van der Waals surface area contributed by atoms with Crippen molar-refractivity contribution in [1.82, 2.24) is 5.32 Å². The molecule has 20 heavy (non-hydrogen) atoms. The smallest absolute Gasteiger partial charge is 0.254 e. The Bertz CT molecular complexity index is 608. The van der Waals surface area contributed by atoms with Crippen molar-refractivity contribution in [2.45, 2.75) is 20.1 Å². The zero-order chi connectivity index (χ0) is 14.5. The summed E-state index contributed by atoms with van der Waals surface area (Å²) in [6, 6.07) is 11.7. The van der Waals surface area contributed by atoms with E-state index in [2.05, 4.69) is 5.32 Å². The Morgan fingerprint density at radius 1 is 1.15 bits per heavy atom. The monoisotopic (exact) mass is 273 g/mol. The third-order valence-corrected chi connectivity index (χ3v) is 3.03. The summed E-state index contributed by atoms with van der Waals surface area (Å²) >= 11 is 0. The topological polar surface area (TPSA) is 49.3 Å². The number of nitrogens with one attached hydrogen (secondary N) is 1. The van der Waals surface area contributed by atoms with E-state index in [-0.39, 0.29) is 12.2 Å². The number of halogens is 1. The molecule has 0 radical (unpaired) electrons. The molecule has 0 aromatic heterocycles. The third-order valence-electron chi connectivity index (χ3n) is 3.03. The molecular formula is C16H16FNO2. The maximum absolute atomic E-state index is 13.6. The third kappa shape index (κ3) is 3.42. The first-order chi connectivity index (χ1) is 9.60. The van der Waals surface area contributed by atoms with Crippen LogP contribution < -0.4 is 5.32 Å². The van der Waals surface area contributed by atoms with E-state index in [0.717, 1.165) is 16.7 Å². The summed E-state index contributed by atoms with van der Waals surface area (Å²) in [6.07, 6.45) is 0. The van der Waals surface area contributed by atoms with Crippen molar-refractivity contribution in [1.29, 1.82) is 0 Å². The second-order valence-electron chi connectivity index (χ2n) is 4.64. The van der Waals surface area contributed by atoms with Gasteiger partial charge in [-0.05, 0) is 35.7 Å². The molecule has 0 saturated heterocycles. The lowest BCUT2D eigenvalue weighted by Crippen LogP contribution is -2.23. The summed E-state index contributed by atoms with van der Waals surface area (Å²) in [7, 11) is 0. The van der Waals surface area contributed by atoms with Crippen LogP contribution in [-0.4, -0.2) is 11.0 Å². The van der Waals surface area contributed by atoms with Gasteiger partial charge in [0.05, 0.1) is 12.2 Å². The van der Waals surface area contributed by atoms with Crippen molar-refractivity contribution in [2.24, 2.45) is 0 Å². The highest BCUT2D eigenvalue weighted by molar-refractivity contribution is 5.94. The van der Waals surface area contributed by atoms with Crippen molar-refractivity contribution < 1.29 is 14.3 Å². The Morgan fingerprint density at radius 2 is 1.80 bits per heavy atom. The molecule has 3 nitrogen and oxygen atoms in total. The molecule has 0 heterocycles. The molecule has 0 aliphatic heterocycles. The van der Waals surface area contributed by atoms with Gasteiger partial charge in [-0.3, -0.25) is 4.79 Å². The van der Waals surface area contributed by atoms with E-state index in [9.17, 15) is 9.18 Å². The first-order valence-corrected chi connectivity index (χ1v) is 6.33. The molecule has 0 spiro atoms. The lowest BCUT2D eigenvalue weighted by molar-refractivity contribution is 0.0947. The largest absolute Gasteiger partial charge is 0.392 e. The number of aryl methyl sites for hydroxylation is 1. The van der Waals surface area contributed by atoms with Crippen LogP contribution in [-0.2, 0) is 13.2 Å². The number of hydrogen-bond acceptors (Lipinski definition) is 2. The van der Waals surface area contributed by atoms with Gasteiger partial charge in [0.15, 0.2) is 0 Å². The lowest BCUT2D eigenvalue weighted by atomic mass is 10.1. The van der Waals surface area contributed by atoms with E-state index in [1.54, 1.807) is 25.1 Å². The van der Waals surface area contributed by atoms with Gasteiger partial charge in [-0.1, -0.05) is 30.3 Å². The molecule has 2 rings (SSSR count). The van der Waals surface area contributed by atoms with Crippen LogP contribution in [0.1, 0.15) is 27.0 Å². The molecule has 2 aromatic carbocycles. The Kier molecular flexibility index (Phi) is 4.48. The van der Waals surface area contributed by atoms with E-state index in [0.29, 0.717) is 6.54 Å². The zero-order valence-corrected chi connectivity index (χ0v) is 11.2. The van der Waals surface area contributed by atoms with Crippen molar-refractivity contribution in [3.05, 3.63) is 70.5 Å². The number of benzene rings is 2. The molecule has 2 aromatic rings. The quantitative estimate of drug-likeness (QED) is 0.899. The van der Waals surface area contributed by atoms with E-state index in [4.69, 9.17) is 5.11 Å². The van der Waals surface area contributed by atoms with Gasteiger partial charge in [0.25, 0.3) is 5.91 Å². The minimum atomic E-state index is -0.516. The second-order valence-corrected chi connectivity index (χ2v) is 4.64. The van der Waals surface area contributed by atoms with Crippen LogP contribution >= 0.6 is 0 Å². The van der Waals surface area contributed by atoms with Crippen molar-refractivity contribution >= 4 is 5.91 Å². The van der Waals surface area contributed by atoms with Crippen LogP contribution in [0.5, 0.6) is 0 Å². The number of rotatable bonds is 4. The van der Waals surface area contributed by atoms with Crippen molar-refractivity contribution in [3.8, 4) is 0 Å². The first-order valence-electron chi connectivity index (χ1n) is 6.33. The number of aliphatic hydroxyl groups excluding tert-OH is 1. The van der Waals surface area contributed by atoms with Crippen LogP contribution in [0.15, 0.2) is 42.5 Å². The van der Waals surface area contributed by atoms with Gasteiger partial charge in [0.2, 0.25) is 0 Å². The van der Waals surface area contributed by atoms with Crippen LogP contribution in [0.3, 0.4) is 0 Å². The lowest BCUT2D eigenvalue weighted by Gasteiger charge is -2.07. The Morgan fingerprint density at radius 3 is 2.40 bits per heavy atom. The van der Waals surface area contributed by atoms with Crippen LogP contribution in [0.4, 0.5) is 4.39 Å². The highest BCUT2D eigenvalue weighted by atomic mass is 19.1. The minimum absolute atomic E-state index is 0.0127. The summed E-state index contributed by atoms with van der Waals surface area (Å²) in [5.74, 6) is -0.952. The molecular weight excluding hydrogens is 257 g/mol. The van der Waals surface area contributed by atoms with Crippen LogP contribution in [0.25, 0.3) is 0 Å². The molecule has 0 fully saturated rings. The summed E-state index contributed by atoms with van der Waals surface area (Å²) < 4.78 is 13.6. The number of hydrogen-bond donors (Lipinski definition) is 2. The van der Waals surface area contributed by atoms with Crippen LogP contribution in [0, 0.1) is 12.7 Å².